The van der Waals surface area contributed by atoms with Gasteiger partial charge in [0.25, 0.3) is 0 Å². The fourth-order valence-corrected chi connectivity index (χ4v) is 6.32. The van der Waals surface area contributed by atoms with Crippen molar-refractivity contribution in [3.8, 4) is 0 Å². The zero-order chi connectivity index (χ0) is 45.4. The summed E-state index contributed by atoms with van der Waals surface area (Å²) >= 11 is 0. The first-order valence-electron chi connectivity index (χ1n) is 19.0. The van der Waals surface area contributed by atoms with Crippen LogP contribution in [0.25, 0.3) is 0 Å². The number of aliphatic carboxylic acids is 1. The van der Waals surface area contributed by atoms with E-state index in [0.29, 0.717) is 19.3 Å². The van der Waals surface area contributed by atoms with Crippen LogP contribution in [-0.2, 0) is 52.7 Å². The summed E-state index contributed by atoms with van der Waals surface area (Å²) < 4.78 is 0. The summed E-state index contributed by atoms with van der Waals surface area (Å²) in [6, 6.07) is -12.8. The van der Waals surface area contributed by atoms with E-state index in [-0.39, 0.29) is 19.5 Å². The van der Waals surface area contributed by atoms with Crippen molar-refractivity contribution in [2.45, 2.75) is 113 Å². The highest BCUT2D eigenvalue weighted by atomic mass is 16.4. The highest BCUT2D eigenvalue weighted by molar-refractivity contribution is 5.98. The lowest BCUT2D eigenvalue weighted by Crippen LogP contribution is -2.60. The molecular weight excluding hydrogens is 802 g/mol. The Morgan fingerprint density at radius 1 is 0.600 bits per heavy atom. The molecule has 0 aliphatic carbocycles. The van der Waals surface area contributed by atoms with Gasteiger partial charge in [-0.25, -0.2) is 4.79 Å². The Hall–Kier alpha value is -5.99. The maximum Gasteiger partial charge on any atom is 0.328 e. The first-order chi connectivity index (χ1) is 28.2. The van der Waals surface area contributed by atoms with Gasteiger partial charge in [0, 0.05) is 19.5 Å². The van der Waals surface area contributed by atoms with E-state index in [1.165, 1.54) is 16.7 Å². The Labute approximate surface area is 343 Å². The number of carbonyl (C=O) groups is 11. The molecule has 9 atom stereocenters. The quantitative estimate of drug-likeness (QED) is 0.0454. The van der Waals surface area contributed by atoms with E-state index in [4.69, 9.17) is 22.3 Å². The number of primary amides is 2. The highest BCUT2D eigenvalue weighted by Crippen LogP contribution is 2.26. The molecule has 16 N–H and O–H groups in total. The number of aliphatic hydroxyl groups is 3. The minimum atomic E-state index is -1.77. The van der Waals surface area contributed by atoms with Crippen LogP contribution in [0.3, 0.4) is 0 Å². The smallest absolute Gasteiger partial charge is 0.328 e. The van der Waals surface area contributed by atoms with Gasteiger partial charge < -0.3 is 79.3 Å². The van der Waals surface area contributed by atoms with E-state index in [9.17, 15) is 68.1 Å². The number of nitrogens with two attached hydrogens (primary N) is 3. The normalized spacial score (nSPS) is 19.6. The molecule has 26 nitrogen and oxygen atoms in total. The predicted molar refractivity (Wildman–Crippen MR) is 202 cm³/mol. The Bertz CT molecular complexity index is 1650. The number of amides is 10. The largest absolute Gasteiger partial charge is 0.480 e. The van der Waals surface area contributed by atoms with Crippen LogP contribution in [0, 0.1) is 0 Å². The summed E-state index contributed by atoms with van der Waals surface area (Å²) in [7, 11) is 0. The van der Waals surface area contributed by atoms with Crippen molar-refractivity contribution < 1.29 is 73.2 Å². The van der Waals surface area contributed by atoms with Crippen LogP contribution < -0.4 is 49.1 Å². The van der Waals surface area contributed by atoms with Gasteiger partial charge >= 0.3 is 5.97 Å². The molecule has 2 aliphatic heterocycles. The van der Waals surface area contributed by atoms with Crippen LogP contribution in [0.4, 0.5) is 0 Å². The maximum absolute atomic E-state index is 13.6. The number of rotatable bonds is 23. The SMILES string of the molecule is C[C@H](NC(=O)[C@H](CO)NC(=O)[C@H](C)NC(=O)[C@@H]1CCCN1C(=O)[C@@H]1CCCN1C(=O)[C@@H](N)CC(N)=O)C(=O)N[C@@H](CO)C(=O)N[C@@H](CCC(N)=O)C(=O)N[C@@H](CO)C(=O)O. The molecule has 26 heteroatoms. The van der Waals surface area contributed by atoms with Crippen LogP contribution in [0.15, 0.2) is 0 Å². The molecule has 2 saturated heterocycles. The third-order valence-corrected chi connectivity index (χ3v) is 9.64. The van der Waals surface area contributed by atoms with Gasteiger partial charge in [0.1, 0.15) is 48.3 Å². The monoisotopic (exact) mass is 857 g/mol. The molecule has 2 aliphatic rings. The summed E-state index contributed by atoms with van der Waals surface area (Å²) in [4.78, 5) is 141. The van der Waals surface area contributed by atoms with Crippen molar-refractivity contribution in [2.24, 2.45) is 17.2 Å². The molecular formula is C34H55N11O15. The predicted octanol–water partition coefficient (Wildman–Crippen LogP) is -8.55. The van der Waals surface area contributed by atoms with Gasteiger partial charge in [-0.05, 0) is 46.0 Å². The van der Waals surface area contributed by atoms with Crippen LogP contribution >= 0.6 is 0 Å². The lowest BCUT2D eigenvalue weighted by Gasteiger charge is -2.32. The lowest BCUT2D eigenvalue weighted by atomic mass is 10.1. The molecule has 336 valence electrons. The van der Waals surface area contributed by atoms with Crippen molar-refractivity contribution in [3.05, 3.63) is 0 Å². The van der Waals surface area contributed by atoms with Crippen molar-refractivity contribution in [2.75, 3.05) is 32.9 Å². The number of likely N-dealkylation sites (tertiary alicyclic amines) is 2. The summed E-state index contributed by atoms with van der Waals surface area (Å²) in [5.41, 5.74) is 16.1. The second kappa shape index (κ2) is 23.6. The van der Waals surface area contributed by atoms with Crippen molar-refractivity contribution in [1.29, 1.82) is 0 Å². The fraction of sp³-hybridized carbons (Fsp3) is 0.676. The molecule has 0 aromatic rings. The number of nitrogens with zero attached hydrogens (tertiary/aromatic N) is 2. The van der Waals surface area contributed by atoms with Crippen molar-refractivity contribution >= 4 is 65.0 Å². The number of hydrogen-bond acceptors (Lipinski definition) is 15. The molecule has 2 fully saturated rings. The van der Waals surface area contributed by atoms with Crippen molar-refractivity contribution in [1.82, 2.24) is 41.7 Å². The van der Waals surface area contributed by atoms with Crippen LogP contribution in [0.1, 0.15) is 58.8 Å². The maximum atomic E-state index is 13.6. The third-order valence-electron chi connectivity index (χ3n) is 9.64. The van der Waals surface area contributed by atoms with E-state index < -0.39 is 159 Å². The Balaban J connectivity index is 1.99. The van der Waals surface area contributed by atoms with E-state index in [0.717, 1.165) is 6.92 Å². The van der Waals surface area contributed by atoms with Crippen molar-refractivity contribution in [3.63, 3.8) is 0 Å². The topological polar surface area (TPSA) is 425 Å². The average molecular weight is 858 g/mol. The van der Waals surface area contributed by atoms with Crippen LogP contribution in [0.2, 0.25) is 0 Å². The van der Waals surface area contributed by atoms with Gasteiger partial charge in [0.2, 0.25) is 59.1 Å². The number of hydrogen-bond donors (Lipinski definition) is 13. The molecule has 2 rings (SSSR count). The van der Waals surface area contributed by atoms with Crippen LogP contribution in [-0.4, -0.2) is 183 Å². The Morgan fingerprint density at radius 3 is 1.55 bits per heavy atom. The lowest BCUT2D eigenvalue weighted by molar-refractivity contribution is -0.147. The van der Waals surface area contributed by atoms with Crippen LogP contribution in [0.5, 0.6) is 0 Å². The zero-order valence-electron chi connectivity index (χ0n) is 33.1. The van der Waals surface area contributed by atoms with E-state index >= 15 is 0 Å². The highest BCUT2D eigenvalue weighted by Gasteiger charge is 2.43. The molecule has 0 unspecified atom stereocenters. The van der Waals surface area contributed by atoms with Gasteiger partial charge in [-0.2, -0.15) is 0 Å². The van der Waals surface area contributed by atoms with Gasteiger partial charge in [-0.1, -0.05) is 0 Å². The molecule has 0 radical (unpaired) electrons. The summed E-state index contributed by atoms with van der Waals surface area (Å²) in [6.07, 6.45) is 0.144. The molecule has 0 aromatic carbocycles. The Kier molecular flexibility index (Phi) is 19.7. The van der Waals surface area contributed by atoms with E-state index in [1.807, 2.05) is 5.32 Å². The average Bonchev–Trinajstić information content (AvgIpc) is 3.89. The molecule has 0 spiro atoms. The first-order valence-corrected chi connectivity index (χ1v) is 19.0. The van der Waals surface area contributed by atoms with Gasteiger partial charge in [0.05, 0.1) is 32.3 Å². The third kappa shape index (κ3) is 14.4. The molecule has 0 saturated carbocycles. The van der Waals surface area contributed by atoms with E-state index in [2.05, 4.69) is 26.6 Å². The number of carbonyl (C=O) groups excluding carboxylic acids is 10. The standard InChI is InChI=1S/C34H55N11O15/c1-15(26(51)42-20(13-47)30(55)40-18(7-8-24(36)49)28(53)43-21(14-48)34(59)60)38-29(54)19(12-46)41-27(52)16(2)39-31(56)22-5-3-9-44(22)33(58)23-6-4-10-45(23)32(57)17(35)11-25(37)50/h15-23,46-48H,3-14,35H2,1-2H3,(H2,36,49)(H2,37,50)(H,38,54)(H,39,56)(H,40,55)(H,41,52)(H,42,51)(H,43,53)(H,59,60)/t15-,16-,17-,18-,19-,20-,21-,22-,23-/m0/s1. The molecule has 10 amide bonds. The fourth-order valence-electron chi connectivity index (χ4n) is 6.32. The second-order valence-electron chi connectivity index (χ2n) is 14.3. The molecule has 60 heavy (non-hydrogen) atoms. The summed E-state index contributed by atoms with van der Waals surface area (Å²) in [5, 5.41) is 51.1. The summed E-state index contributed by atoms with van der Waals surface area (Å²) in [6.45, 7) is -0.230. The van der Waals surface area contributed by atoms with Gasteiger partial charge in [-0.3, -0.25) is 47.9 Å². The minimum Gasteiger partial charge on any atom is -0.480 e. The van der Waals surface area contributed by atoms with Gasteiger partial charge in [0.15, 0.2) is 0 Å². The number of aliphatic hydroxyl groups excluding tert-OH is 3. The number of nitrogens with one attached hydrogen (secondary N) is 6. The second-order valence-corrected chi connectivity index (χ2v) is 14.3. The molecule has 0 bridgehead atoms. The number of carboxylic acids is 1. The Morgan fingerprint density at radius 2 is 1.05 bits per heavy atom. The zero-order valence-corrected chi connectivity index (χ0v) is 33.1. The minimum absolute atomic E-state index is 0.181. The van der Waals surface area contributed by atoms with Gasteiger partial charge in [-0.15, -0.1) is 0 Å². The van der Waals surface area contributed by atoms with E-state index in [1.54, 1.807) is 0 Å². The molecule has 2 heterocycles. The first kappa shape index (κ1) is 50.2. The summed E-state index contributed by atoms with van der Waals surface area (Å²) in [5.74, 6) is -10.5. The number of carboxylic acid groups (broad SMARTS) is 1. The molecule has 0 aromatic heterocycles.